The van der Waals surface area contributed by atoms with Gasteiger partial charge in [0, 0.05) is 17.6 Å². The molecule has 5 heteroatoms. The number of benzene rings is 1. The van der Waals surface area contributed by atoms with Gasteiger partial charge in [0.1, 0.15) is 5.75 Å². The molecule has 1 fully saturated rings. The van der Waals surface area contributed by atoms with Gasteiger partial charge in [-0.25, -0.2) is 0 Å². The highest BCUT2D eigenvalue weighted by atomic mass is 16.5. The van der Waals surface area contributed by atoms with Crippen molar-refractivity contribution in [3.63, 3.8) is 0 Å². The van der Waals surface area contributed by atoms with Crippen LogP contribution in [-0.2, 0) is 6.54 Å². The number of ether oxygens (including phenoxy) is 1. The highest BCUT2D eigenvalue weighted by Gasteiger charge is 2.26. The predicted molar refractivity (Wildman–Crippen MR) is 93.8 cm³/mol. The van der Waals surface area contributed by atoms with Crippen molar-refractivity contribution in [1.82, 2.24) is 15.0 Å². The Hall–Kier alpha value is -1.88. The van der Waals surface area contributed by atoms with E-state index in [1.165, 1.54) is 25.7 Å². The van der Waals surface area contributed by atoms with Gasteiger partial charge in [-0.15, -0.1) is 0 Å². The second-order valence-electron chi connectivity index (χ2n) is 6.67. The summed E-state index contributed by atoms with van der Waals surface area (Å²) in [5, 5.41) is 4.15. The zero-order chi connectivity index (χ0) is 16.9. The van der Waals surface area contributed by atoms with Crippen LogP contribution in [0.5, 0.6) is 5.75 Å². The van der Waals surface area contributed by atoms with E-state index in [2.05, 4.69) is 28.9 Å². The van der Waals surface area contributed by atoms with Gasteiger partial charge < -0.3 is 9.26 Å². The SMILES string of the molecule is CCOc1ccc(-c2noc(CN(C(C)C)C3CCCC3)n2)cc1. The Morgan fingerprint density at radius 2 is 1.92 bits per heavy atom. The quantitative estimate of drug-likeness (QED) is 0.758. The van der Waals surface area contributed by atoms with Crippen molar-refractivity contribution in [3.8, 4) is 17.1 Å². The molecule has 5 nitrogen and oxygen atoms in total. The van der Waals surface area contributed by atoms with E-state index in [0.717, 1.165) is 17.9 Å². The van der Waals surface area contributed by atoms with E-state index >= 15 is 0 Å². The molecule has 0 amide bonds. The lowest BCUT2D eigenvalue weighted by molar-refractivity contribution is 0.128. The van der Waals surface area contributed by atoms with Crippen LogP contribution in [0, 0.1) is 0 Å². The second-order valence-corrected chi connectivity index (χ2v) is 6.67. The third kappa shape index (κ3) is 3.96. The molecule has 0 bridgehead atoms. The van der Waals surface area contributed by atoms with E-state index in [1.54, 1.807) is 0 Å². The van der Waals surface area contributed by atoms with Crippen molar-refractivity contribution < 1.29 is 9.26 Å². The maximum atomic E-state index is 5.50. The predicted octanol–water partition coefficient (Wildman–Crippen LogP) is 4.29. The minimum atomic E-state index is 0.480. The molecule has 0 radical (unpaired) electrons. The molecule has 24 heavy (non-hydrogen) atoms. The lowest BCUT2D eigenvalue weighted by Gasteiger charge is -2.31. The first kappa shape index (κ1) is 17.0. The van der Waals surface area contributed by atoms with Crippen molar-refractivity contribution >= 4 is 0 Å². The molecule has 130 valence electrons. The summed E-state index contributed by atoms with van der Waals surface area (Å²) in [5.74, 6) is 2.19. The summed E-state index contributed by atoms with van der Waals surface area (Å²) in [6.07, 6.45) is 5.21. The number of aromatic nitrogens is 2. The third-order valence-corrected chi connectivity index (χ3v) is 4.67. The first-order chi connectivity index (χ1) is 11.7. The van der Waals surface area contributed by atoms with Crippen molar-refractivity contribution in [2.75, 3.05) is 6.61 Å². The lowest BCUT2D eigenvalue weighted by atomic mass is 10.1. The van der Waals surface area contributed by atoms with Gasteiger partial charge in [0.2, 0.25) is 11.7 Å². The van der Waals surface area contributed by atoms with E-state index < -0.39 is 0 Å². The van der Waals surface area contributed by atoms with E-state index in [9.17, 15) is 0 Å². The van der Waals surface area contributed by atoms with Gasteiger partial charge in [-0.05, 0) is 57.9 Å². The summed E-state index contributed by atoms with van der Waals surface area (Å²) in [6.45, 7) is 7.85. The van der Waals surface area contributed by atoms with Crippen LogP contribution in [0.1, 0.15) is 52.3 Å². The minimum absolute atomic E-state index is 0.480. The topological polar surface area (TPSA) is 51.4 Å². The van der Waals surface area contributed by atoms with Gasteiger partial charge in [0.05, 0.1) is 13.2 Å². The molecule has 3 rings (SSSR count). The first-order valence-corrected chi connectivity index (χ1v) is 8.99. The summed E-state index contributed by atoms with van der Waals surface area (Å²) in [6, 6.07) is 8.94. The zero-order valence-corrected chi connectivity index (χ0v) is 14.9. The maximum absolute atomic E-state index is 5.50. The average molecular weight is 329 g/mol. The van der Waals surface area contributed by atoms with Crippen molar-refractivity contribution in [2.24, 2.45) is 0 Å². The molecule has 0 spiro atoms. The Labute approximate surface area is 144 Å². The molecule has 1 aliphatic carbocycles. The summed E-state index contributed by atoms with van der Waals surface area (Å²) < 4.78 is 11.0. The molecular weight excluding hydrogens is 302 g/mol. The number of rotatable bonds is 7. The molecule has 1 aromatic heterocycles. The van der Waals surface area contributed by atoms with Crippen molar-refractivity contribution in [3.05, 3.63) is 30.2 Å². The van der Waals surface area contributed by atoms with Crippen LogP contribution in [0.15, 0.2) is 28.8 Å². The van der Waals surface area contributed by atoms with Crippen LogP contribution in [0.25, 0.3) is 11.4 Å². The van der Waals surface area contributed by atoms with E-state index in [0.29, 0.717) is 30.4 Å². The Morgan fingerprint density at radius 1 is 1.21 bits per heavy atom. The van der Waals surface area contributed by atoms with Crippen LogP contribution in [0.3, 0.4) is 0 Å². The Bertz CT molecular complexity index is 630. The maximum Gasteiger partial charge on any atom is 0.241 e. The van der Waals surface area contributed by atoms with Crippen LogP contribution in [-0.4, -0.2) is 33.7 Å². The molecule has 2 aromatic rings. The molecule has 1 saturated carbocycles. The van der Waals surface area contributed by atoms with Crippen LogP contribution in [0.4, 0.5) is 0 Å². The smallest absolute Gasteiger partial charge is 0.241 e. The van der Waals surface area contributed by atoms with E-state index in [4.69, 9.17) is 9.26 Å². The third-order valence-electron chi connectivity index (χ3n) is 4.67. The molecule has 0 N–H and O–H groups in total. The Balaban J connectivity index is 1.69. The Kier molecular flexibility index (Phi) is 5.51. The highest BCUT2D eigenvalue weighted by Crippen LogP contribution is 2.27. The molecule has 0 unspecified atom stereocenters. The second kappa shape index (κ2) is 7.79. The normalized spacial score (nSPS) is 15.5. The zero-order valence-electron chi connectivity index (χ0n) is 14.9. The van der Waals surface area contributed by atoms with Crippen molar-refractivity contribution in [2.45, 2.75) is 65.1 Å². The first-order valence-electron chi connectivity index (χ1n) is 8.99. The Morgan fingerprint density at radius 3 is 2.54 bits per heavy atom. The van der Waals surface area contributed by atoms with Crippen LogP contribution < -0.4 is 4.74 Å². The van der Waals surface area contributed by atoms with Gasteiger partial charge in [-0.2, -0.15) is 4.98 Å². The van der Waals surface area contributed by atoms with Gasteiger partial charge in [-0.1, -0.05) is 18.0 Å². The number of hydrogen-bond acceptors (Lipinski definition) is 5. The molecule has 0 aliphatic heterocycles. The highest BCUT2D eigenvalue weighted by molar-refractivity contribution is 5.55. The van der Waals surface area contributed by atoms with Gasteiger partial charge in [0.15, 0.2) is 0 Å². The largest absolute Gasteiger partial charge is 0.494 e. The van der Waals surface area contributed by atoms with Gasteiger partial charge in [0.25, 0.3) is 0 Å². The fraction of sp³-hybridized carbons (Fsp3) is 0.579. The van der Waals surface area contributed by atoms with E-state index in [1.807, 2.05) is 31.2 Å². The minimum Gasteiger partial charge on any atom is -0.494 e. The van der Waals surface area contributed by atoms with Gasteiger partial charge in [-0.3, -0.25) is 4.90 Å². The summed E-state index contributed by atoms with van der Waals surface area (Å²) in [5.41, 5.74) is 0.949. The molecule has 0 atom stereocenters. The molecule has 1 aliphatic rings. The van der Waals surface area contributed by atoms with Crippen LogP contribution in [0.2, 0.25) is 0 Å². The summed E-state index contributed by atoms with van der Waals surface area (Å²) in [7, 11) is 0. The summed E-state index contributed by atoms with van der Waals surface area (Å²) in [4.78, 5) is 7.08. The lowest BCUT2D eigenvalue weighted by Crippen LogP contribution is -2.38. The number of nitrogens with zero attached hydrogens (tertiary/aromatic N) is 3. The van der Waals surface area contributed by atoms with E-state index in [-0.39, 0.29) is 0 Å². The standard InChI is InChI=1S/C19H27N3O2/c1-4-23-17-11-9-15(10-12-17)19-20-18(24-21-19)13-22(14(2)3)16-7-5-6-8-16/h9-12,14,16H,4-8,13H2,1-3H3. The fourth-order valence-electron chi connectivity index (χ4n) is 3.43. The van der Waals surface area contributed by atoms with Gasteiger partial charge >= 0.3 is 0 Å². The monoisotopic (exact) mass is 329 g/mol. The average Bonchev–Trinajstić information content (AvgIpc) is 3.25. The molecule has 1 heterocycles. The van der Waals surface area contributed by atoms with Crippen molar-refractivity contribution in [1.29, 1.82) is 0 Å². The van der Waals surface area contributed by atoms with Crippen LogP contribution >= 0.6 is 0 Å². The molecular formula is C19H27N3O2. The fourth-order valence-corrected chi connectivity index (χ4v) is 3.43. The number of hydrogen-bond donors (Lipinski definition) is 0. The molecule has 0 saturated heterocycles. The summed E-state index contributed by atoms with van der Waals surface area (Å²) >= 11 is 0. The molecule has 1 aromatic carbocycles.